The van der Waals surface area contributed by atoms with Crippen molar-refractivity contribution in [1.29, 1.82) is 0 Å². The predicted molar refractivity (Wildman–Crippen MR) is 116 cm³/mol. The maximum atomic E-state index is 13.3. The molecule has 3 aromatic rings. The Morgan fingerprint density at radius 1 is 1.13 bits per heavy atom. The summed E-state index contributed by atoms with van der Waals surface area (Å²) in [6, 6.07) is 9.39. The number of nitrogens with one attached hydrogen (secondary N) is 3. The summed E-state index contributed by atoms with van der Waals surface area (Å²) in [6.07, 6.45) is 2.42. The van der Waals surface area contributed by atoms with Crippen LogP contribution in [0.25, 0.3) is 10.9 Å². The normalized spacial score (nSPS) is 10.9. The summed E-state index contributed by atoms with van der Waals surface area (Å²) >= 11 is 0. The van der Waals surface area contributed by atoms with Gasteiger partial charge in [0.05, 0.1) is 7.11 Å². The predicted octanol–water partition coefficient (Wildman–Crippen LogP) is 3.19. The van der Waals surface area contributed by atoms with E-state index >= 15 is 0 Å². The Morgan fingerprint density at radius 3 is 2.68 bits per heavy atom. The average molecular weight is 427 g/mol. The minimum Gasteiger partial charge on any atom is -0.493 e. The molecule has 0 fully saturated rings. The van der Waals surface area contributed by atoms with Gasteiger partial charge in [-0.3, -0.25) is 9.59 Å². The van der Waals surface area contributed by atoms with Crippen LogP contribution < -0.4 is 20.1 Å². The highest BCUT2D eigenvalue weighted by Crippen LogP contribution is 2.28. The number of benzene rings is 2. The monoisotopic (exact) mass is 427 g/mol. The summed E-state index contributed by atoms with van der Waals surface area (Å²) in [5, 5.41) is 6.54. The van der Waals surface area contributed by atoms with E-state index in [-0.39, 0.29) is 30.3 Å². The SMILES string of the molecule is COc1cc(C(=O)NCCc2c[nH]c3cc(F)ccc23)ccc1OCC(=O)NC(C)C. The minimum absolute atomic E-state index is 0.0227. The molecule has 8 heteroatoms. The van der Waals surface area contributed by atoms with Gasteiger partial charge in [-0.15, -0.1) is 0 Å². The van der Waals surface area contributed by atoms with Crippen LogP contribution in [0.1, 0.15) is 29.8 Å². The van der Waals surface area contributed by atoms with Gasteiger partial charge >= 0.3 is 0 Å². The van der Waals surface area contributed by atoms with Crippen molar-refractivity contribution in [3.63, 3.8) is 0 Å². The van der Waals surface area contributed by atoms with Crippen molar-refractivity contribution in [2.75, 3.05) is 20.3 Å². The highest BCUT2D eigenvalue weighted by molar-refractivity contribution is 5.95. The first kappa shape index (κ1) is 22.1. The zero-order valence-corrected chi connectivity index (χ0v) is 17.8. The van der Waals surface area contributed by atoms with Gasteiger partial charge in [0.2, 0.25) is 0 Å². The van der Waals surface area contributed by atoms with Crippen molar-refractivity contribution >= 4 is 22.7 Å². The Labute approximate surface area is 179 Å². The molecule has 0 aliphatic rings. The van der Waals surface area contributed by atoms with Crippen molar-refractivity contribution in [1.82, 2.24) is 15.6 Å². The highest BCUT2D eigenvalue weighted by Gasteiger charge is 2.13. The lowest BCUT2D eigenvalue weighted by Gasteiger charge is -2.13. The first-order valence-electron chi connectivity index (χ1n) is 10.0. The van der Waals surface area contributed by atoms with Crippen LogP contribution in [-0.2, 0) is 11.2 Å². The van der Waals surface area contributed by atoms with E-state index in [1.807, 2.05) is 20.0 Å². The molecule has 2 amide bonds. The van der Waals surface area contributed by atoms with E-state index in [0.717, 1.165) is 16.5 Å². The number of hydrogen-bond donors (Lipinski definition) is 3. The summed E-state index contributed by atoms with van der Waals surface area (Å²) in [4.78, 5) is 27.3. The fourth-order valence-corrected chi connectivity index (χ4v) is 3.21. The Hall–Kier alpha value is -3.55. The number of hydrogen-bond acceptors (Lipinski definition) is 4. The number of fused-ring (bicyclic) bond motifs is 1. The number of carbonyl (C=O) groups excluding carboxylic acids is 2. The van der Waals surface area contributed by atoms with Gasteiger partial charge in [0.1, 0.15) is 5.82 Å². The molecule has 0 atom stereocenters. The molecule has 0 unspecified atom stereocenters. The molecule has 0 saturated heterocycles. The second-order valence-corrected chi connectivity index (χ2v) is 7.39. The number of halogens is 1. The summed E-state index contributed by atoms with van der Waals surface area (Å²) in [6.45, 7) is 4.00. The number of amides is 2. The molecule has 0 aliphatic carbocycles. The Morgan fingerprint density at radius 2 is 1.94 bits per heavy atom. The van der Waals surface area contributed by atoms with E-state index < -0.39 is 0 Å². The average Bonchev–Trinajstić information content (AvgIpc) is 3.13. The lowest BCUT2D eigenvalue weighted by atomic mass is 10.1. The lowest BCUT2D eigenvalue weighted by molar-refractivity contribution is -0.123. The van der Waals surface area contributed by atoms with E-state index in [9.17, 15) is 14.0 Å². The third-order valence-electron chi connectivity index (χ3n) is 4.64. The topological polar surface area (TPSA) is 92.4 Å². The van der Waals surface area contributed by atoms with Gasteiger partial charge in [-0.2, -0.15) is 0 Å². The van der Waals surface area contributed by atoms with Crippen LogP contribution in [-0.4, -0.2) is 43.1 Å². The summed E-state index contributed by atoms with van der Waals surface area (Å²) < 4.78 is 24.1. The number of aromatic amines is 1. The van der Waals surface area contributed by atoms with Gasteiger partial charge in [0.25, 0.3) is 11.8 Å². The van der Waals surface area contributed by atoms with Crippen LogP contribution in [0.3, 0.4) is 0 Å². The highest BCUT2D eigenvalue weighted by atomic mass is 19.1. The van der Waals surface area contributed by atoms with Gasteiger partial charge < -0.3 is 25.1 Å². The van der Waals surface area contributed by atoms with Crippen molar-refractivity contribution in [2.24, 2.45) is 0 Å². The lowest BCUT2D eigenvalue weighted by Crippen LogP contribution is -2.34. The van der Waals surface area contributed by atoms with Gasteiger partial charge in [0, 0.05) is 35.2 Å². The molecule has 3 rings (SSSR count). The standard InChI is InChI=1S/C23H26FN3O4/c1-14(2)27-22(28)13-31-20-7-4-15(10-21(20)30-3)23(29)25-9-8-16-12-26-19-11-17(24)5-6-18(16)19/h4-7,10-12,14,26H,8-9,13H2,1-3H3,(H,25,29)(H,27,28). The Balaban J connectivity index is 1.57. The van der Waals surface area contributed by atoms with Crippen LogP contribution in [0.4, 0.5) is 4.39 Å². The van der Waals surface area contributed by atoms with Gasteiger partial charge in [-0.1, -0.05) is 0 Å². The second kappa shape index (κ2) is 9.97. The zero-order valence-electron chi connectivity index (χ0n) is 17.8. The van der Waals surface area contributed by atoms with Crippen LogP contribution in [0, 0.1) is 5.82 Å². The van der Waals surface area contributed by atoms with Gasteiger partial charge in [-0.05, 0) is 62.2 Å². The maximum absolute atomic E-state index is 13.3. The molecular weight excluding hydrogens is 401 g/mol. The first-order valence-corrected chi connectivity index (χ1v) is 10.0. The van der Waals surface area contributed by atoms with Crippen LogP contribution >= 0.6 is 0 Å². The molecule has 2 aromatic carbocycles. The number of carbonyl (C=O) groups is 2. The van der Waals surface area contributed by atoms with E-state index in [2.05, 4.69) is 15.6 Å². The van der Waals surface area contributed by atoms with Crippen LogP contribution in [0.2, 0.25) is 0 Å². The van der Waals surface area contributed by atoms with E-state index in [1.165, 1.54) is 19.2 Å². The molecule has 1 aromatic heterocycles. The third kappa shape index (κ3) is 5.75. The fraction of sp³-hybridized carbons (Fsp3) is 0.304. The molecular formula is C23H26FN3O4. The molecule has 0 aliphatic heterocycles. The van der Waals surface area contributed by atoms with Crippen molar-refractivity contribution in [3.05, 3.63) is 59.5 Å². The molecule has 164 valence electrons. The zero-order chi connectivity index (χ0) is 22.4. The number of rotatable bonds is 9. The molecule has 0 saturated carbocycles. The molecule has 0 radical (unpaired) electrons. The molecule has 0 bridgehead atoms. The molecule has 0 spiro atoms. The Bertz CT molecular complexity index is 1080. The number of ether oxygens (including phenoxy) is 2. The van der Waals surface area contributed by atoms with Gasteiger partial charge in [0.15, 0.2) is 18.1 Å². The number of methoxy groups -OCH3 is 1. The molecule has 1 heterocycles. The number of H-pyrrole nitrogens is 1. The van der Waals surface area contributed by atoms with E-state index in [1.54, 1.807) is 24.3 Å². The minimum atomic E-state index is -0.295. The van der Waals surface area contributed by atoms with E-state index in [0.29, 0.717) is 30.0 Å². The summed E-state index contributed by atoms with van der Waals surface area (Å²) in [5.74, 6) is -0.0454. The first-order chi connectivity index (χ1) is 14.9. The molecule has 7 nitrogen and oxygen atoms in total. The molecule has 3 N–H and O–H groups in total. The van der Waals surface area contributed by atoms with Crippen molar-refractivity contribution < 1.29 is 23.5 Å². The fourth-order valence-electron chi connectivity index (χ4n) is 3.21. The largest absolute Gasteiger partial charge is 0.493 e. The van der Waals surface area contributed by atoms with Crippen molar-refractivity contribution in [2.45, 2.75) is 26.3 Å². The maximum Gasteiger partial charge on any atom is 0.258 e. The smallest absolute Gasteiger partial charge is 0.258 e. The summed E-state index contributed by atoms with van der Waals surface area (Å²) in [5.41, 5.74) is 2.14. The van der Waals surface area contributed by atoms with Crippen LogP contribution in [0.5, 0.6) is 11.5 Å². The number of aromatic nitrogens is 1. The molecule has 31 heavy (non-hydrogen) atoms. The quantitative estimate of drug-likeness (QED) is 0.489. The van der Waals surface area contributed by atoms with E-state index in [4.69, 9.17) is 9.47 Å². The van der Waals surface area contributed by atoms with Crippen LogP contribution in [0.15, 0.2) is 42.6 Å². The second-order valence-electron chi connectivity index (χ2n) is 7.39. The Kier molecular flexibility index (Phi) is 7.12. The summed E-state index contributed by atoms with van der Waals surface area (Å²) in [7, 11) is 1.47. The van der Waals surface area contributed by atoms with Gasteiger partial charge in [-0.25, -0.2) is 4.39 Å². The van der Waals surface area contributed by atoms with Crippen molar-refractivity contribution in [3.8, 4) is 11.5 Å². The third-order valence-corrected chi connectivity index (χ3v) is 4.64.